The first-order chi connectivity index (χ1) is 11.3. The van der Waals surface area contributed by atoms with Gasteiger partial charge in [0.2, 0.25) is 0 Å². The minimum absolute atomic E-state index is 0.00946. The normalized spacial score (nSPS) is 10.5. The van der Waals surface area contributed by atoms with Crippen LogP contribution in [0.15, 0.2) is 24.4 Å². The van der Waals surface area contributed by atoms with Crippen molar-refractivity contribution in [2.24, 2.45) is 7.05 Å². The average molecular weight is 356 g/mol. The van der Waals surface area contributed by atoms with Gasteiger partial charge in [0.05, 0.1) is 17.6 Å². The zero-order valence-corrected chi connectivity index (χ0v) is 13.5. The van der Waals surface area contributed by atoms with Gasteiger partial charge in [0, 0.05) is 7.05 Å². The second-order valence-corrected chi connectivity index (χ2v) is 5.20. The van der Waals surface area contributed by atoms with Gasteiger partial charge in [0.15, 0.2) is 10.8 Å². The summed E-state index contributed by atoms with van der Waals surface area (Å²) in [5.74, 6) is -1.26. The third-order valence-electron chi connectivity index (χ3n) is 2.99. The van der Waals surface area contributed by atoms with Gasteiger partial charge < -0.3 is 20.5 Å². The van der Waals surface area contributed by atoms with Crippen LogP contribution in [0.3, 0.4) is 0 Å². The van der Waals surface area contributed by atoms with E-state index in [4.69, 9.17) is 17.3 Å². The minimum atomic E-state index is -2.98. The number of nitrogens with one attached hydrogen (secondary N) is 2. The van der Waals surface area contributed by atoms with Gasteiger partial charge in [-0.05, 0) is 36.8 Å². The maximum atomic E-state index is 12.5. The van der Waals surface area contributed by atoms with Gasteiger partial charge in [-0.2, -0.15) is 13.9 Å². The quantitative estimate of drug-likeness (QED) is 0.710. The first-order valence-corrected chi connectivity index (χ1v) is 7.07. The van der Waals surface area contributed by atoms with Gasteiger partial charge in [-0.25, -0.2) is 4.79 Å². The molecule has 0 amide bonds. The fraction of sp³-hybridized carbons (Fsp3) is 0.214. The predicted molar refractivity (Wildman–Crippen MR) is 87.8 cm³/mol. The van der Waals surface area contributed by atoms with E-state index in [1.807, 2.05) is 0 Å². The van der Waals surface area contributed by atoms with Crippen LogP contribution in [0, 0.1) is 6.92 Å². The SMILES string of the molecule is Cc1ccc(OC(F)F)c(NC(=S)Nc2cnn(C)c2C(=O)O)c1. The first-order valence-electron chi connectivity index (χ1n) is 6.66. The predicted octanol–water partition coefficient (Wildman–Crippen LogP) is 2.84. The molecule has 2 aromatic rings. The molecule has 0 aliphatic carbocycles. The summed E-state index contributed by atoms with van der Waals surface area (Å²) in [4.78, 5) is 11.2. The molecule has 1 aromatic carbocycles. The number of hydrogen-bond acceptors (Lipinski definition) is 4. The molecule has 0 unspecified atom stereocenters. The van der Waals surface area contributed by atoms with Crippen LogP contribution in [0.4, 0.5) is 20.2 Å². The molecule has 128 valence electrons. The monoisotopic (exact) mass is 356 g/mol. The maximum Gasteiger partial charge on any atom is 0.387 e. The number of nitrogens with zero attached hydrogens (tertiary/aromatic N) is 2. The number of aromatic nitrogens is 2. The van der Waals surface area contributed by atoms with Crippen LogP contribution >= 0.6 is 12.2 Å². The zero-order chi connectivity index (χ0) is 17.9. The Morgan fingerprint density at radius 1 is 1.38 bits per heavy atom. The third-order valence-corrected chi connectivity index (χ3v) is 3.19. The van der Waals surface area contributed by atoms with Crippen molar-refractivity contribution < 1.29 is 23.4 Å². The second-order valence-electron chi connectivity index (χ2n) is 4.79. The van der Waals surface area contributed by atoms with Crippen LogP contribution in [0.2, 0.25) is 0 Å². The van der Waals surface area contributed by atoms with E-state index >= 15 is 0 Å². The largest absolute Gasteiger partial charge is 0.476 e. The van der Waals surface area contributed by atoms with E-state index in [0.717, 1.165) is 5.56 Å². The highest BCUT2D eigenvalue weighted by molar-refractivity contribution is 7.80. The second kappa shape index (κ2) is 7.21. The summed E-state index contributed by atoms with van der Waals surface area (Å²) in [5, 5.41) is 18.4. The van der Waals surface area contributed by atoms with Crippen molar-refractivity contribution in [2.45, 2.75) is 13.5 Å². The third kappa shape index (κ3) is 4.16. The van der Waals surface area contributed by atoms with Crippen LogP contribution in [0.1, 0.15) is 16.1 Å². The van der Waals surface area contributed by atoms with Crippen molar-refractivity contribution in [1.82, 2.24) is 9.78 Å². The van der Waals surface area contributed by atoms with Gasteiger partial charge in [-0.3, -0.25) is 4.68 Å². The lowest BCUT2D eigenvalue weighted by molar-refractivity contribution is -0.0493. The molecule has 0 aliphatic rings. The molecule has 7 nitrogen and oxygen atoms in total. The number of carboxylic acid groups (broad SMARTS) is 1. The Hall–Kier alpha value is -2.75. The molecule has 3 N–H and O–H groups in total. The Kier molecular flexibility index (Phi) is 5.29. The Morgan fingerprint density at radius 3 is 2.67 bits per heavy atom. The lowest BCUT2D eigenvalue weighted by Gasteiger charge is -2.15. The molecule has 0 aliphatic heterocycles. The molecular formula is C14H14F2N4O3S. The number of alkyl halides is 2. The number of ether oxygens (including phenoxy) is 1. The number of hydrogen-bond donors (Lipinski definition) is 3. The Morgan fingerprint density at radius 2 is 2.04 bits per heavy atom. The van der Waals surface area contributed by atoms with Crippen molar-refractivity contribution in [2.75, 3.05) is 10.6 Å². The molecule has 1 aromatic heterocycles. The number of carboxylic acids is 1. The zero-order valence-electron chi connectivity index (χ0n) is 12.7. The lowest BCUT2D eigenvalue weighted by Crippen LogP contribution is -2.21. The van der Waals surface area contributed by atoms with Crippen LogP contribution in [-0.2, 0) is 7.05 Å². The molecule has 10 heteroatoms. The fourth-order valence-electron chi connectivity index (χ4n) is 2.00. The minimum Gasteiger partial charge on any atom is -0.476 e. The highest BCUT2D eigenvalue weighted by Gasteiger charge is 2.17. The van der Waals surface area contributed by atoms with Gasteiger partial charge in [-0.15, -0.1) is 0 Å². The molecule has 0 atom stereocenters. The van der Waals surface area contributed by atoms with Crippen molar-refractivity contribution in [3.63, 3.8) is 0 Å². The molecule has 0 spiro atoms. The van der Waals surface area contributed by atoms with E-state index < -0.39 is 12.6 Å². The van der Waals surface area contributed by atoms with E-state index in [1.165, 1.54) is 24.0 Å². The van der Waals surface area contributed by atoms with E-state index in [2.05, 4.69) is 20.5 Å². The molecule has 2 rings (SSSR count). The molecule has 0 radical (unpaired) electrons. The summed E-state index contributed by atoms with van der Waals surface area (Å²) >= 11 is 5.09. The number of anilines is 2. The number of rotatable bonds is 5. The van der Waals surface area contributed by atoms with E-state index in [0.29, 0.717) is 0 Å². The Labute approximate surface area is 141 Å². The van der Waals surface area contributed by atoms with Crippen LogP contribution in [0.25, 0.3) is 0 Å². The molecule has 0 bridgehead atoms. The number of thiocarbonyl (C=S) groups is 1. The summed E-state index contributed by atoms with van der Waals surface area (Å²) in [6, 6.07) is 4.58. The number of halogens is 2. The summed E-state index contributed by atoms with van der Waals surface area (Å²) < 4.78 is 30.5. The molecule has 24 heavy (non-hydrogen) atoms. The van der Waals surface area contributed by atoms with Crippen LogP contribution < -0.4 is 15.4 Å². The lowest BCUT2D eigenvalue weighted by atomic mass is 10.2. The number of carbonyl (C=O) groups is 1. The molecular weight excluding hydrogens is 342 g/mol. The summed E-state index contributed by atoms with van der Waals surface area (Å²) in [6.45, 7) is -1.20. The van der Waals surface area contributed by atoms with E-state index in [1.54, 1.807) is 19.1 Å². The summed E-state index contributed by atoms with van der Waals surface area (Å²) in [5.41, 5.74) is 1.11. The van der Waals surface area contributed by atoms with Crippen molar-refractivity contribution in [3.8, 4) is 5.75 Å². The van der Waals surface area contributed by atoms with E-state index in [-0.39, 0.29) is 27.9 Å². The summed E-state index contributed by atoms with van der Waals surface area (Å²) in [7, 11) is 1.47. The maximum absolute atomic E-state index is 12.5. The fourth-order valence-corrected chi connectivity index (χ4v) is 2.22. The number of aromatic carboxylic acids is 1. The van der Waals surface area contributed by atoms with Crippen molar-refractivity contribution >= 4 is 34.7 Å². The van der Waals surface area contributed by atoms with Crippen molar-refractivity contribution in [3.05, 3.63) is 35.7 Å². The number of aryl methyl sites for hydroxylation is 2. The van der Waals surface area contributed by atoms with Gasteiger partial charge in [0.25, 0.3) is 0 Å². The topological polar surface area (TPSA) is 88.4 Å². The van der Waals surface area contributed by atoms with E-state index in [9.17, 15) is 13.6 Å². The molecule has 0 saturated heterocycles. The van der Waals surface area contributed by atoms with Crippen molar-refractivity contribution in [1.29, 1.82) is 0 Å². The molecule has 0 saturated carbocycles. The van der Waals surface area contributed by atoms with Gasteiger partial charge in [0.1, 0.15) is 5.75 Å². The van der Waals surface area contributed by atoms with Crippen LogP contribution in [0.5, 0.6) is 5.75 Å². The summed E-state index contributed by atoms with van der Waals surface area (Å²) in [6.07, 6.45) is 1.30. The smallest absolute Gasteiger partial charge is 0.387 e. The Bertz CT molecular complexity index is 779. The number of benzene rings is 1. The highest BCUT2D eigenvalue weighted by Crippen LogP contribution is 2.27. The Balaban J connectivity index is 2.19. The van der Waals surface area contributed by atoms with Gasteiger partial charge >= 0.3 is 12.6 Å². The molecule has 1 heterocycles. The highest BCUT2D eigenvalue weighted by atomic mass is 32.1. The average Bonchev–Trinajstić information content (AvgIpc) is 2.82. The van der Waals surface area contributed by atoms with Gasteiger partial charge in [-0.1, -0.05) is 6.07 Å². The molecule has 0 fully saturated rings. The van der Waals surface area contributed by atoms with Crippen LogP contribution in [-0.4, -0.2) is 32.6 Å². The first kappa shape index (κ1) is 17.6. The standard InChI is InChI=1S/C14H14F2N4O3S/c1-7-3-4-10(23-13(15)16)8(5-7)18-14(24)19-9-6-17-20(2)11(9)12(21)22/h3-6,13H,1-2H3,(H,21,22)(H2,18,19,24).